The van der Waals surface area contributed by atoms with Gasteiger partial charge in [0.2, 0.25) is 0 Å². The molecule has 1 atom stereocenters. The second kappa shape index (κ2) is 6.39. The van der Waals surface area contributed by atoms with Crippen molar-refractivity contribution < 1.29 is 9.47 Å². The monoisotopic (exact) mass is 302 g/mol. The predicted molar refractivity (Wildman–Crippen MR) is 84.8 cm³/mol. The quantitative estimate of drug-likeness (QED) is 0.517. The molecule has 2 aromatic carbocycles. The van der Waals surface area contributed by atoms with Gasteiger partial charge in [0.25, 0.3) is 0 Å². The maximum Gasteiger partial charge on any atom is 0.161 e. The van der Waals surface area contributed by atoms with E-state index in [0.29, 0.717) is 13.2 Å². The van der Waals surface area contributed by atoms with Gasteiger partial charge in [0.05, 0.1) is 6.04 Å². The van der Waals surface area contributed by atoms with Crippen LogP contribution in [-0.2, 0) is 0 Å². The first kappa shape index (κ1) is 14.3. The van der Waals surface area contributed by atoms with Gasteiger partial charge < -0.3 is 9.47 Å². The van der Waals surface area contributed by atoms with Gasteiger partial charge in [0.1, 0.15) is 13.2 Å². The Balaban J connectivity index is 1.91. The first-order valence-electron chi connectivity index (χ1n) is 6.81. The number of fused-ring (bicyclic) bond motifs is 1. The zero-order chi connectivity index (χ0) is 14.7. The average Bonchev–Trinajstić information content (AvgIpc) is 2.56. The molecule has 1 aliphatic heterocycles. The molecule has 0 spiro atoms. The van der Waals surface area contributed by atoms with Crippen LogP contribution in [0.25, 0.3) is 0 Å². The van der Waals surface area contributed by atoms with Crippen LogP contribution in [0.15, 0.2) is 47.4 Å². The number of benzene rings is 2. The Morgan fingerprint density at radius 3 is 2.33 bits per heavy atom. The van der Waals surface area contributed by atoms with Crippen LogP contribution in [0.3, 0.4) is 0 Å². The molecule has 5 heteroatoms. The van der Waals surface area contributed by atoms with Gasteiger partial charge in [0, 0.05) is 4.90 Å². The van der Waals surface area contributed by atoms with E-state index >= 15 is 0 Å². The molecule has 21 heavy (non-hydrogen) atoms. The molecule has 1 aliphatic rings. The van der Waals surface area contributed by atoms with Crippen LogP contribution in [0, 0.1) is 0 Å². The molecule has 3 N–H and O–H groups in total. The minimum absolute atomic E-state index is 0.0725. The molecule has 3 rings (SSSR count). The van der Waals surface area contributed by atoms with Crippen molar-refractivity contribution in [2.75, 3.05) is 19.5 Å². The van der Waals surface area contributed by atoms with Gasteiger partial charge in [-0.15, -0.1) is 11.8 Å². The third-order valence-corrected chi connectivity index (χ3v) is 4.26. The van der Waals surface area contributed by atoms with E-state index in [9.17, 15) is 0 Å². The van der Waals surface area contributed by atoms with Gasteiger partial charge in [-0.1, -0.05) is 18.2 Å². The molecule has 110 valence electrons. The van der Waals surface area contributed by atoms with E-state index in [-0.39, 0.29) is 6.04 Å². The van der Waals surface area contributed by atoms with Crippen molar-refractivity contribution in [3.63, 3.8) is 0 Å². The van der Waals surface area contributed by atoms with Crippen molar-refractivity contribution in [1.29, 1.82) is 0 Å². The Morgan fingerprint density at radius 1 is 1.00 bits per heavy atom. The summed E-state index contributed by atoms with van der Waals surface area (Å²) in [5.41, 5.74) is 5.05. The van der Waals surface area contributed by atoms with Crippen molar-refractivity contribution in [1.82, 2.24) is 5.43 Å². The molecule has 1 unspecified atom stereocenters. The average molecular weight is 302 g/mol. The van der Waals surface area contributed by atoms with Crippen LogP contribution >= 0.6 is 11.8 Å². The Labute approximate surface area is 128 Å². The van der Waals surface area contributed by atoms with Crippen LogP contribution in [0.5, 0.6) is 11.5 Å². The largest absolute Gasteiger partial charge is 0.486 e. The first-order chi connectivity index (χ1) is 10.3. The number of hydrogen-bond donors (Lipinski definition) is 2. The summed E-state index contributed by atoms with van der Waals surface area (Å²) in [4.78, 5) is 1.23. The highest BCUT2D eigenvalue weighted by Gasteiger charge is 2.17. The van der Waals surface area contributed by atoms with Crippen LogP contribution < -0.4 is 20.7 Å². The van der Waals surface area contributed by atoms with Gasteiger partial charge in [-0.2, -0.15) is 0 Å². The molecule has 2 aromatic rings. The van der Waals surface area contributed by atoms with Crippen molar-refractivity contribution >= 4 is 11.8 Å². The highest BCUT2D eigenvalue weighted by atomic mass is 32.2. The molecule has 0 aromatic heterocycles. The van der Waals surface area contributed by atoms with Gasteiger partial charge in [-0.05, 0) is 41.6 Å². The molecular formula is C16H18N2O2S. The lowest BCUT2D eigenvalue weighted by atomic mass is 9.99. The molecule has 0 radical (unpaired) electrons. The number of thioether (sulfide) groups is 1. The highest BCUT2D eigenvalue weighted by Crippen LogP contribution is 2.34. The molecule has 0 bridgehead atoms. The number of hydrogen-bond acceptors (Lipinski definition) is 5. The summed E-state index contributed by atoms with van der Waals surface area (Å²) in [7, 11) is 0. The van der Waals surface area contributed by atoms with Crippen molar-refractivity contribution in [2.24, 2.45) is 5.84 Å². The smallest absolute Gasteiger partial charge is 0.161 e. The molecule has 0 fully saturated rings. The second-order valence-corrected chi connectivity index (χ2v) is 5.66. The van der Waals surface area contributed by atoms with Crippen LogP contribution in [0.2, 0.25) is 0 Å². The lowest BCUT2D eigenvalue weighted by Gasteiger charge is -2.22. The maximum absolute atomic E-state index is 5.76. The fourth-order valence-electron chi connectivity index (χ4n) is 2.42. The number of ether oxygens (including phenoxy) is 2. The van der Waals surface area contributed by atoms with Crippen molar-refractivity contribution in [3.8, 4) is 11.5 Å². The SMILES string of the molecule is CSc1ccc(C(NN)c2ccc3c(c2)OCCO3)cc1. The number of nitrogens with two attached hydrogens (primary N) is 1. The molecule has 4 nitrogen and oxygen atoms in total. The van der Waals surface area contributed by atoms with E-state index in [1.54, 1.807) is 11.8 Å². The molecule has 0 amide bonds. The topological polar surface area (TPSA) is 56.5 Å². The predicted octanol–water partition coefficient (Wildman–Crippen LogP) is 2.73. The summed E-state index contributed by atoms with van der Waals surface area (Å²) in [5, 5.41) is 0. The van der Waals surface area contributed by atoms with E-state index in [2.05, 4.69) is 35.9 Å². The van der Waals surface area contributed by atoms with Crippen LogP contribution in [0.4, 0.5) is 0 Å². The van der Waals surface area contributed by atoms with Crippen LogP contribution in [-0.4, -0.2) is 19.5 Å². The van der Waals surface area contributed by atoms with Gasteiger partial charge in [-0.3, -0.25) is 5.84 Å². The standard InChI is InChI=1S/C16H18N2O2S/c1-21-13-5-2-11(3-6-13)16(18-17)12-4-7-14-15(10-12)20-9-8-19-14/h2-7,10,16,18H,8-9,17H2,1H3. The number of hydrazine groups is 1. The maximum atomic E-state index is 5.76. The highest BCUT2D eigenvalue weighted by molar-refractivity contribution is 7.98. The van der Waals surface area contributed by atoms with Gasteiger partial charge in [-0.25, -0.2) is 5.43 Å². The number of nitrogens with one attached hydrogen (secondary N) is 1. The van der Waals surface area contributed by atoms with E-state index in [1.165, 1.54) is 4.90 Å². The summed E-state index contributed by atoms with van der Waals surface area (Å²) in [6.07, 6.45) is 2.06. The molecular weight excluding hydrogens is 284 g/mol. The Hall–Kier alpha value is -1.69. The van der Waals surface area contributed by atoms with E-state index in [1.807, 2.05) is 18.2 Å². The van der Waals surface area contributed by atoms with E-state index in [4.69, 9.17) is 15.3 Å². The third-order valence-electron chi connectivity index (χ3n) is 3.52. The Bertz CT molecular complexity index is 616. The van der Waals surface area contributed by atoms with Crippen molar-refractivity contribution in [2.45, 2.75) is 10.9 Å². The van der Waals surface area contributed by atoms with Gasteiger partial charge >= 0.3 is 0 Å². The molecule has 1 heterocycles. The second-order valence-electron chi connectivity index (χ2n) is 4.78. The van der Waals surface area contributed by atoms with Crippen LogP contribution in [0.1, 0.15) is 17.2 Å². The minimum Gasteiger partial charge on any atom is -0.486 e. The molecule has 0 saturated carbocycles. The molecule has 0 saturated heterocycles. The Morgan fingerprint density at radius 2 is 1.67 bits per heavy atom. The number of rotatable bonds is 4. The zero-order valence-electron chi connectivity index (χ0n) is 11.8. The summed E-state index contributed by atoms with van der Waals surface area (Å²) < 4.78 is 11.2. The fourth-order valence-corrected chi connectivity index (χ4v) is 2.83. The third kappa shape index (κ3) is 3.00. The summed E-state index contributed by atoms with van der Waals surface area (Å²) in [6, 6.07) is 14.2. The summed E-state index contributed by atoms with van der Waals surface area (Å²) in [6.45, 7) is 1.18. The lowest BCUT2D eigenvalue weighted by Crippen LogP contribution is -2.29. The summed E-state index contributed by atoms with van der Waals surface area (Å²) in [5.74, 6) is 7.32. The fraction of sp³-hybridized carbons (Fsp3) is 0.250. The Kier molecular flexibility index (Phi) is 4.34. The van der Waals surface area contributed by atoms with Crippen molar-refractivity contribution in [3.05, 3.63) is 53.6 Å². The molecule has 0 aliphatic carbocycles. The summed E-state index contributed by atoms with van der Waals surface area (Å²) >= 11 is 1.72. The zero-order valence-corrected chi connectivity index (χ0v) is 12.7. The normalized spacial score (nSPS) is 14.8. The minimum atomic E-state index is -0.0725. The van der Waals surface area contributed by atoms with E-state index < -0.39 is 0 Å². The van der Waals surface area contributed by atoms with E-state index in [0.717, 1.165) is 22.6 Å². The lowest BCUT2D eigenvalue weighted by molar-refractivity contribution is 0.171. The first-order valence-corrected chi connectivity index (χ1v) is 8.04. The van der Waals surface area contributed by atoms with Gasteiger partial charge in [0.15, 0.2) is 11.5 Å².